The fraction of sp³-hybridized carbons (Fsp3) is 0.115. The van der Waals surface area contributed by atoms with Crippen LogP contribution >= 0.6 is 0 Å². The molecule has 0 aliphatic rings. The van der Waals surface area contributed by atoms with E-state index >= 15 is 4.39 Å². The van der Waals surface area contributed by atoms with Crippen LogP contribution in [0.4, 0.5) is 13.2 Å². The number of hydrogen-bond donors (Lipinski definition) is 0. The maximum Gasteiger partial charge on any atom is 0.141 e. The van der Waals surface area contributed by atoms with E-state index in [2.05, 4.69) is 6.92 Å². The minimum atomic E-state index is -0.707. The summed E-state index contributed by atoms with van der Waals surface area (Å²) in [5.74, 6) is -1.69. The highest BCUT2D eigenvalue weighted by molar-refractivity contribution is 5.89. The number of halogens is 3. The Balaban J connectivity index is 1.75. The first-order valence-corrected chi connectivity index (χ1v) is 9.73. The first-order chi connectivity index (χ1) is 14.5. The second-order valence-electron chi connectivity index (χ2n) is 7.23. The van der Waals surface area contributed by atoms with Crippen molar-refractivity contribution in [2.45, 2.75) is 19.8 Å². The summed E-state index contributed by atoms with van der Waals surface area (Å²) in [6.45, 7) is 2.10. The average Bonchev–Trinajstić information content (AvgIpc) is 2.74. The highest BCUT2D eigenvalue weighted by atomic mass is 19.1. The molecule has 4 rings (SSSR count). The second kappa shape index (κ2) is 8.04. The van der Waals surface area contributed by atoms with Gasteiger partial charge < -0.3 is 0 Å². The van der Waals surface area contributed by atoms with Gasteiger partial charge in [0, 0.05) is 16.5 Å². The van der Waals surface area contributed by atoms with E-state index in [1.165, 1.54) is 24.3 Å². The van der Waals surface area contributed by atoms with Gasteiger partial charge in [0.15, 0.2) is 0 Å². The number of aryl methyl sites for hydroxylation is 1. The molecule has 4 heteroatoms. The number of benzene rings is 4. The molecule has 0 aliphatic heterocycles. The Morgan fingerprint density at radius 3 is 2.17 bits per heavy atom. The lowest BCUT2D eigenvalue weighted by Gasteiger charge is -2.11. The fourth-order valence-corrected chi connectivity index (χ4v) is 3.70. The normalized spacial score (nSPS) is 10.9. The number of nitriles is 1. The van der Waals surface area contributed by atoms with E-state index in [-0.39, 0.29) is 11.1 Å². The molecule has 0 saturated heterocycles. The van der Waals surface area contributed by atoms with Crippen molar-refractivity contribution in [1.82, 2.24) is 0 Å². The lowest BCUT2D eigenvalue weighted by molar-refractivity contribution is 0.622. The van der Waals surface area contributed by atoms with E-state index in [9.17, 15) is 8.78 Å². The lowest BCUT2D eigenvalue weighted by Crippen LogP contribution is -1.92. The Hall–Kier alpha value is -3.58. The number of fused-ring (bicyclic) bond motifs is 1. The van der Waals surface area contributed by atoms with Crippen LogP contribution in [0.25, 0.3) is 33.0 Å². The molecule has 4 aromatic carbocycles. The second-order valence-corrected chi connectivity index (χ2v) is 7.23. The molecule has 0 amide bonds. The predicted molar refractivity (Wildman–Crippen MR) is 113 cm³/mol. The summed E-state index contributed by atoms with van der Waals surface area (Å²) in [6.07, 6.45) is 1.95. The van der Waals surface area contributed by atoms with Crippen molar-refractivity contribution in [3.63, 3.8) is 0 Å². The minimum Gasteiger partial charge on any atom is -0.206 e. The van der Waals surface area contributed by atoms with E-state index in [1.54, 1.807) is 24.3 Å². The molecule has 0 spiro atoms. The van der Waals surface area contributed by atoms with Gasteiger partial charge in [0.1, 0.15) is 23.5 Å². The van der Waals surface area contributed by atoms with Gasteiger partial charge in [-0.15, -0.1) is 0 Å². The Morgan fingerprint density at radius 2 is 1.47 bits per heavy atom. The van der Waals surface area contributed by atoms with Gasteiger partial charge in [-0.2, -0.15) is 5.26 Å². The van der Waals surface area contributed by atoms with Gasteiger partial charge in [0.25, 0.3) is 0 Å². The molecule has 0 aliphatic carbocycles. The summed E-state index contributed by atoms with van der Waals surface area (Å²) in [5.41, 5.74) is 2.27. The van der Waals surface area contributed by atoms with E-state index in [0.29, 0.717) is 22.1 Å². The number of hydrogen-bond acceptors (Lipinski definition) is 1. The van der Waals surface area contributed by atoms with Gasteiger partial charge in [-0.05, 0) is 46.7 Å². The molecule has 0 aromatic heterocycles. The molecule has 0 N–H and O–H groups in total. The van der Waals surface area contributed by atoms with Crippen LogP contribution in [-0.4, -0.2) is 0 Å². The van der Waals surface area contributed by atoms with Crippen molar-refractivity contribution in [3.05, 3.63) is 95.3 Å². The minimum absolute atomic E-state index is 0.101. The zero-order valence-electron chi connectivity index (χ0n) is 16.3. The van der Waals surface area contributed by atoms with Crippen molar-refractivity contribution in [1.29, 1.82) is 5.26 Å². The smallest absolute Gasteiger partial charge is 0.141 e. The zero-order chi connectivity index (χ0) is 21.3. The Bertz CT molecular complexity index is 1300. The van der Waals surface area contributed by atoms with Crippen molar-refractivity contribution in [2.75, 3.05) is 0 Å². The summed E-state index contributed by atoms with van der Waals surface area (Å²) in [4.78, 5) is 0. The molecule has 30 heavy (non-hydrogen) atoms. The van der Waals surface area contributed by atoms with Gasteiger partial charge >= 0.3 is 0 Å². The number of nitrogens with zero attached hydrogens (tertiary/aromatic N) is 1. The van der Waals surface area contributed by atoms with E-state index < -0.39 is 17.5 Å². The third kappa shape index (κ3) is 3.55. The summed E-state index contributed by atoms with van der Waals surface area (Å²) in [6, 6.07) is 19.2. The molecule has 0 radical (unpaired) electrons. The van der Waals surface area contributed by atoms with Crippen LogP contribution in [-0.2, 0) is 6.42 Å². The van der Waals surface area contributed by atoms with Gasteiger partial charge in [0.2, 0.25) is 0 Å². The van der Waals surface area contributed by atoms with Crippen LogP contribution in [0.2, 0.25) is 0 Å². The van der Waals surface area contributed by atoms with Crippen molar-refractivity contribution in [2.24, 2.45) is 0 Å². The maximum atomic E-state index is 15.2. The van der Waals surface area contributed by atoms with Crippen LogP contribution in [0, 0.1) is 28.8 Å². The van der Waals surface area contributed by atoms with E-state index in [4.69, 9.17) is 5.26 Å². The maximum absolute atomic E-state index is 15.2. The molecule has 0 bridgehead atoms. The molecule has 4 aromatic rings. The highest BCUT2D eigenvalue weighted by Gasteiger charge is 2.14. The first kappa shape index (κ1) is 19.7. The third-order valence-electron chi connectivity index (χ3n) is 5.24. The molecular weight excluding hydrogens is 383 g/mol. The molecule has 148 valence electrons. The first-order valence-electron chi connectivity index (χ1n) is 9.73. The average molecular weight is 401 g/mol. The molecule has 0 atom stereocenters. The largest absolute Gasteiger partial charge is 0.206 e. The van der Waals surface area contributed by atoms with Crippen molar-refractivity contribution in [3.8, 4) is 28.3 Å². The SMILES string of the molecule is CCCc1ccc2c(F)c(-c3ccc(-c4ccc(C#N)c(F)c4)c(F)c3)ccc2c1. The fourth-order valence-electron chi connectivity index (χ4n) is 3.70. The van der Waals surface area contributed by atoms with Crippen LogP contribution < -0.4 is 0 Å². The molecule has 0 heterocycles. The highest BCUT2D eigenvalue weighted by Crippen LogP contribution is 2.33. The van der Waals surface area contributed by atoms with Crippen molar-refractivity contribution >= 4 is 10.8 Å². The summed E-state index contributed by atoms with van der Waals surface area (Å²) in [7, 11) is 0. The van der Waals surface area contributed by atoms with Gasteiger partial charge in [-0.1, -0.05) is 61.9 Å². The molecular formula is C26H18F3N. The van der Waals surface area contributed by atoms with Gasteiger partial charge in [-0.3, -0.25) is 0 Å². The lowest BCUT2D eigenvalue weighted by atomic mass is 9.96. The molecule has 0 fully saturated rings. The van der Waals surface area contributed by atoms with Crippen molar-refractivity contribution < 1.29 is 13.2 Å². The van der Waals surface area contributed by atoms with Crippen LogP contribution in [0.1, 0.15) is 24.5 Å². The topological polar surface area (TPSA) is 23.8 Å². The van der Waals surface area contributed by atoms with Crippen LogP contribution in [0.3, 0.4) is 0 Å². The van der Waals surface area contributed by atoms with Gasteiger partial charge in [-0.25, -0.2) is 13.2 Å². The Morgan fingerprint density at radius 1 is 0.767 bits per heavy atom. The predicted octanol–water partition coefficient (Wildman–Crippen LogP) is 7.42. The quantitative estimate of drug-likeness (QED) is 0.349. The summed E-state index contributed by atoms with van der Waals surface area (Å²) in [5, 5.41) is 10.1. The van der Waals surface area contributed by atoms with Crippen LogP contribution in [0.15, 0.2) is 66.7 Å². The molecule has 0 unspecified atom stereocenters. The van der Waals surface area contributed by atoms with E-state index in [0.717, 1.165) is 29.9 Å². The third-order valence-corrected chi connectivity index (χ3v) is 5.24. The monoisotopic (exact) mass is 401 g/mol. The summed E-state index contributed by atoms with van der Waals surface area (Å²) >= 11 is 0. The van der Waals surface area contributed by atoms with Gasteiger partial charge in [0.05, 0.1) is 5.56 Å². The standard InChI is InChI=1S/C26H18F3N/c1-2-3-16-4-9-22-17(12-16)8-11-23(26(22)29)19-7-10-21(25(28)14-19)18-5-6-20(15-30)24(27)13-18/h4-14H,2-3H2,1H3. The zero-order valence-corrected chi connectivity index (χ0v) is 16.3. The molecule has 0 saturated carbocycles. The Kier molecular flexibility index (Phi) is 5.29. The molecule has 1 nitrogen and oxygen atoms in total. The Labute approximate surface area is 173 Å². The van der Waals surface area contributed by atoms with Crippen LogP contribution in [0.5, 0.6) is 0 Å². The summed E-state index contributed by atoms with van der Waals surface area (Å²) < 4.78 is 43.9. The number of rotatable bonds is 4. The van der Waals surface area contributed by atoms with E-state index in [1.807, 2.05) is 18.2 Å².